The van der Waals surface area contributed by atoms with E-state index in [1.54, 1.807) is 13.3 Å². The van der Waals surface area contributed by atoms with E-state index in [4.69, 9.17) is 25.8 Å². The molecule has 2 aliphatic rings. The van der Waals surface area contributed by atoms with Crippen LogP contribution in [0.4, 0.5) is 5.82 Å². The lowest BCUT2D eigenvalue weighted by Crippen LogP contribution is -2.38. The van der Waals surface area contributed by atoms with Gasteiger partial charge < -0.3 is 19.1 Å². The number of nitrogens with zero attached hydrogens (tertiary/aromatic N) is 3. The number of hydrogen-bond acceptors (Lipinski definition) is 6. The molecule has 2 saturated heterocycles. The Balaban J connectivity index is 1.50. The fraction of sp³-hybridized carbons (Fsp3) is 0.733. The van der Waals surface area contributed by atoms with E-state index in [0.29, 0.717) is 23.1 Å². The number of rotatable bonds is 5. The Hall–Kier alpha value is -1.11. The van der Waals surface area contributed by atoms with Gasteiger partial charge in [-0.15, -0.1) is 0 Å². The van der Waals surface area contributed by atoms with Crippen molar-refractivity contribution in [2.45, 2.75) is 25.4 Å². The average molecular weight is 328 g/mol. The van der Waals surface area contributed by atoms with Crippen molar-refractivity contribution in [1.29, 1.82) is 0 Å². The number of halogens is 1. The smallest absolute Gasteiger partial charge is 0.318 e. The number of aromatic nitrogens is 2. The van der Waals surface area contributed by atoms with E-state index in [1.165, 1.54) is 0 Å². The van der Waals surface area contributed by atoms with Crippen molar-refractivity contribution in [3.8, 4) is 6.01 Å². The van der Waals surface area contributed by atoms with E-state index in [1.807, 2.05) is 0 Å². The summed E-state index contributed by atoms with van der Waals surface area (Å²) in [6, 6.07) is 0.346. The molecule has 2 aliphatic heterocycles. The molecule has 0 amide bonds. The Labute approximate surface area is 135 Å². The van der Waals surface area contributed by atoms with Crippen molar-refractivity contribution in [2.75, 3.05) is 44.9 Å². The molecule has 7 heteroatoms. The van der Waals surface area contributed by atoms with Crippen LogP contribution in [-0.2, 0) is 9.47 Å². The molecule has 0 aliphatic carbocycles. The lowest BCUT2D eigenvalue weighted by Gasteiger charge is -2.33. The molecule has 1 unspecified atom stereocenters. The molecule has 0 radical (unpaired) electrons. The second-order valence-electron chi connectivity index (χ2n) is 5.78. The average Bonchev–Trinajstić information content (AvgIpc) is 3.07. The quantitative estimate of drug-likeness (QED) is 0.826. The molecule has 122 valence electrons. The van der Waals surface area contributed by atoms with Crippen molar-refractivity contribution < 1.29 is 14.2 Å². The maximum atomic E-state index is 6.20. The number of hydrogen-bond donors (Lipinski definition) is 0. The second-order valence-corrected chi connectivity index (χ2v) is 6.18. The van der Waals surface area contributed by atoms with Crippen LogP contribution in [-0.4, -0.2) is 56.1 Å². The Morgan fingerprint density at radius 2 is 2.18 bits per heavy atom. The van der Waals surface area contributed by atoms with Crippen LogP contribution >= 0.6 is 11.6 Å². The predicted molar refractivity (Wildman–Crippen MR) is 83.7 cm³/mol. The Kier molecular flexibility index (Phi) is 5.33. The SMILES string of the molecule is COc1ncc(Cl)c(N2CCC(OCC3CCOC3)CC2)n1. The molecule has 0 spiro atoms. The first-order valence-electron chi connectivity index (χ1n) is 7.77. The molecule has 0 N–H and O–H groups in total. The zero-order valence-electron chi connectivity index (χ0n) is 12.8. The fourth-order valence-corrected chi connectivity index (χ4v) is 3.09. The highest BCUT2D eigenvalue weighted by Crippen LogP contribution is 2.28. The molecule has 3 heterocycles. The summed E-state index contributed by atoms with van der Waals surface area (Å²) in [4.78, 5) is 10.5. The van der Waals surface area contributed by atoms with Crippen LogP contribution in [0.1, 0.15) is 19.3 Å². The number of piperidine rings is 1. The third kappa shape index (κ3) is 3.80. The first-order valence-corrected chi connectivity index (χ1v) is 8.15. The zero-order valence-corrected chi connectivity index (χ0v) is 13.6. The molecular formula is C15H22ClN3O3. The van der Waals surface area contributed by atoms with Gasteiger partial charge in [-0.05, 0) is 19.3 Å². The largest absolute Gasteiger partial charge is 0.467 e. The number of ether oxygens (including phenoxy) is 3. The molecule has 1 aromatic rings. The van der Waals surface area contributed by atoms with Crippen molar-refractivity contribution >= 4 is 17.4 Å². The highest BCUT2D eigenvalue weighted by Gasteiger charge is 2.24. The Morgan fingerprint density at radius 3 is 2.86 bits per heavy atom. The Bertz CT molecular complexity index is 489. The third-order valence-electron chi connectivity index (χ3n) is 4.22. The van der Waals surface area contributed by atoms with Crippen LogP contribution in [0.2, 0.25) is 5.02 Å². The van der Waals surface area contributed by atoms with Crippen LogP contribution in [0.5, 0.6) is 6.01 Å². The van der Waals surface area contributed by atoms with E-state index in [2.05, 4.69) is 14.9 Å². The molecular weight excluding hydrogens is 306 g/mol. The lowest BCUT2D eigenvalue weighted by atomic mass is 10.1. The summed E-state index contributed by atoms with van der Waals surface area (Å²) in [5, 5.41) is 0.559. The van der Waals surface area contributed by atoms with Gasteiger partial charge >= 0.3 is 6.01 Å². The molecule has 0 aromatic carbocycles. The Morgan fingerprint density at radius 1 is 1.36 bits per heavy atom. The fourth-order valence-electron chi connectivity index (χ4n) is 2.88. The molecule has 3 rings (SSSR count). The summed E-state index contributed by atoms with van der Waals surface area (Å²) >= 11 is 6.20. The van der Waals surface area contributed by atoms with Crippen molar-refractivity contribution in [1.82, 2.24) is 9.97 Å². The van der Waals surface area contributed by atoms with Crippen LogP contribution in [0, 0.1) is 5.92 Å². The van der Waals surface area contributed by atoms with E-state index in [0.717, 1.165) is 58.0 Å². The molecule has 2 fully saturated rings. The molecule has 1 atom stereocenters. The maximum Gasteiger partial charge on any atom is 0.318 e. The number of anilines is 1. The van der Waals surface area contributed by atoms with E-state index in [-0.39, 0.29) is 0 Å². The first kappa shape index (κ1) is 15.8. The minimum atomic E-state index is 0.319. The van der Waals surface area contributed by atoms with E-state index < -0.39 is 0 Å². The van der Waals surface area contributed by atoms with Crippen LogP contribution in [0.25, 0.3) is 0 Å². The van der Waals surface area contributed by atoms with Gasteiger partial charge in [0.1, 0.15) is 5.02 Å². The van der Waals surface area contributed by atoms with Gasteiger partial charge in [-0.25, -0.2) is 4.98 Å². The van der Waals surface area contributed by atoms with Crippen LogP contribution in [0.15, 0.2) is 6.20 Å². The highest BCUT2D eigenvalue weighted by atomic mass is 35.5. The third-order valence-corrected chi connectivity index (χ3v) is 4.49. The summed E-state index contributed by atoms with van der Waals surface area (Å²) in [5.41, 5.74) is 0. The molecule has 0 saturated carbocycles. The van der Waals surface area contributed by atoms with Crippen molar-refractivity contribution in [3.63, 3.8) is 0 Å². The monoisotopic (exact) mass is 327 g/mol. The molecule has 22 heavy (non-hydrogen) atoms. The first-order chi connectivity index (χ1) is 10.8. The predicted octanol–water partition coefficient (Wildman–Crippen LogP) is 2.16. The lowest BCUT2D eigenvalue weighted by molar-refractivity contribution is 0.0131. The van der Waals surface area contributed by atoms with E-state index in [9.17, 15) is 0 Å². The molecule has 6 nitrogen and oxygen atoms in total. The maximum absolute atomic E-state index is 6.20. The molecule has 1 aromatic heterocycles. The standard InChI is InChI=1S/C15H22ClN3O3/c1-20-15-17-8-13(16)14(18-15)19-5-2-12(3-6-19)22-10-11-4-7-21-9-11/h8,11-12H,2-7,9-10H2,1H3. The topological polar surface area (TPSA) is 56.7 Å². The highest BCUT2D eigenvalue weighted by molar-refractivity contribution is 6.32. The van der Waals surface area contributed by atoms with Gasteiger partial charge in [0, 0.05) is 25.6 Å². The van der Waals surface area contributed by atoms with E-state index >= 15 is 0 Å². The minimum absolute atomic E-state index is 0.319. The van der Waals surface area contributed by atoms with Gasteiger partial charge in [-0.1, -0.05) is 11.6 Å². The van der Waals surface area contributed by atoms with Crippen LogP contribution < -0.4 is 9.64 Å². The summed E-state index contributed by atoms with van der Waals surface area (Å²) in [5.74, 6) is 1.31. The summed E-state index contributed by atoms with van der Waals surface area (Å²) in [6.07, 6.45) is 4.99. The van der Waals surface area contributed by atoms with Crippen molar-refractivity contribution in [2.24, 2.45) is 5.92 Å². The van der Waals surface area contributed by atoms with Gasteiger partial charge in [0.05, 0.1) is 32.6 Å². The summed E-state index contributed by atoms with van der Waals surface area (Å²) in [6.45, 7) is 4.29. The van der Waals surface area contributed by atoms with Gasteiger partial charge in [0.25, 0.3) is 0 Å². The molecule has 0 bridgehead atoms. The van der Waals surface area contributed by atoms with Gasteiger partial charge in [-0.3, -0.25) is 0 Å². The van der Waals surface area contributed by atoms with Gasteiger partial charge in [0.2, 0.25) is 0 Å². The minimum Gasteiger partial charge on any atom is -0.467 e. The summed E-state index contributed by atoms with van der Waals surface area (Å²) in [7, 11) is 1.56. The number of methoxy groups -OCH3 is 1. The second kappa shape index (κ2) is 7.44. The summed E-state index contributed by atoms with van der Waals surface area (Å²) < 4.78 is 16.5. The van der Waals surface area contributed by atoms with Gasteiger partial charge in [-0.2, -0.15) is 4.98 Å². The van der Waals surface area contributed by atoms with Crippen LogP contribution in [0.3, 0.4) is 0 Å². The zero-order chi connectivity index (χ0) is 15.4. The normalized spacial score (nSPS) is 23.0. The van der Waals surface area contributed by atoms with Gasteiger partial charge in [0.15, 0.2) is 5.82 Å². The van der Waals surface area contributed by atoms with Crippen molar-refractivity contribution in [3.05, 3.63) is 11.2 Å².